The monoisotopic (exact) mass is 375 g/mol. The standard InChI is InChI=1S/C19H25NO4.2Na/c1-4-5-6-7-16-13(8-9-18(21)22)15-10-12(2)14(19(23)24)11-17(15)20(16)3;;/h10-11H,4-9H2,1-3H3,(H,21,22)(H,23,24);;/q;2*+1/p-2. The Bertz CT molecular complexity index is 784. The van der Waals surface area contributed by atoms with Gasteiger partial charge in [0.25, 0.3) is 0 Å². The van der Waals surface area contributed by atoms with E-state index in [0.717, 1.165) is 47.8 Å². The van der Waals surface area contributed by atoms with Crippen LogP contribution in [0.3, 0.4) is 0 Å². The second-order valence-electron chi connectivity index (χ2n) is 6.29. The van der Waals surface area contributed by atoms with Crippen LogP contribution in [0.25, 0.3) is 10.9 Å². The number of carboxylic acid groups (broad SMARTS) is 2. The predicted octanol–water partition coefficient (Wildman–Crippen LogP) is -4.73. The molecule has 0 saturated carbocycles. The van der Waals surface area contributed by atoms with Gasteiger partial charge in [0, 0.05) is 35.2 Å². The second-order valence-corrected chi connectivity index (χ2v) is 6.29. The van der Waals surface area contributed by atoms with Crippen molar-refractivity contribution in [3.8, 4) is 0 Å². The molecule has 0 spiro atoms. The maximum atomic E-state index is 11.3. The zero-order chi connectivity index (χ0) is 17.9. The van der Waals surface area contributed by atoms with Gasteiger partial charge in [0.1, 0.15) is 0 Å². The van der Waals surface area contributed by atoms with Crippen LogP contribution in [0.4, 0.5) is 0 Å². The van der Waals surface area contributed by atoms with Crippen molar-refractivity contribution in [3.63, 3.8) is 0 Å². The molecule has 0 atom stereocenters. The Morgan fingerprint density at radius 2 is 1.73 bits per heavy atom. The number of unbranched alkanes of at least 4 members (excludes halogenated alkanes) is 2. The van der Waals surface area contributed by atoms with Gasteiger partial charge in [-0.3, -0.25) is 0 Å². The summed E-state index contributed by atoms with van der Waals surface area (Å²) in [5.74, 6) is -2.27. The summed E-state index contributed by atoms with van der Waals surface area (Å²) in [7, 11) is 1.90. The first kappa shape index (κ1) is 25.7. The van der Waals surface area contributed by atoms with Crippen LogP contribution < -0.4 is 69.3 Å². The smallest absolute Gasteiger partial charge is 0.550 e. The van der Waals surface area contributed by atoms with E-state index in [1.54, 1.807) is 13.0 Å². The summed E-state index contributed by atoms with van der Waals surface area (Å²) in [6, 6.07) is 3.46. The topological polar surface area (TPSA) is 85.2 Å². The number of carbonyl (C=O) groups is 2. The van der Waals surface area contributed by atoms with Crippen molar-refractivity contribution in [2.24, 2.45) is 7.05 Å². The Labute approximate surface area is 198 Å². The number of rotatable bonds is 8. The third-order valence-electron chi connectivity index (χ3n) is 4.60. The minimum absolute atomic E-state index is 0. The van der Waals surface area contributed by atoms with Crippen molar-refractivity contribution in [1.29, 1.82) is 0 Å². The second kappa shape index (κ2) is 11.5. The van der Waals surface area contributed by atoms with Gasteiger partial charge in [-0.15, -0.1) is 0 Å². The summed E-state index contributed by atoms with van der Waals surface area (Å²) < 4.78 is 1.99. The first-order valence-corrected chi connectivity index (χ1v) is 8.38. The largest absolute Gasteiger partial charge is 1.00 e. The third kappa shape index (κ3) is 5.85. The van der Waals surface area contributed by atoms with E-state index in [4.69, 9.17) is 0 Å². The van der Waals surface area contributed by atoms with Crippen molar-refractivity contribution in [1.82, 2.24) is 4.57 Å². The van der Waals surface area contributed by atoms with Crippen LogP contribution in [-0.2, 0) is 24.7 Å². The Morgan fingerprint density at radius 1 is 1.08 bits per heavy atom. The van der Waals surface area contributed by atoms with Gasteiger partial charge < -0.3 is 24.4 Å². The molecular weight excluding hydrogens is 352 g/mol. The van der Waals surface area contributed by atoms with E-state index >= 15 is 0 Å². The van der Waals surface area contributed by atoms with Crippen molar-refractivity contribution in [3.05, 3.63) is 34.5 Å². The van der Waals surface area contributed by atoms with E-state index in [9.17, 15) is 19.8 Å². The average molecular weight is 375 g/mol. The number of aryl methyl sites for hydroxylation is 3. The molecule has 5 nitrogen and oxygen atoms in total. The molecule has 2 rings (SSSR count). The number of carbonyl (C=O) groups excluding carboxylic acids is 2. The summed E-state index contributed by atoms with van der Waals surface area (Å²) in [6.45, 7) is 3.87. The summed E-state index contributed by atoms with van der Waals surface area (Å²) in [5, 5.41) is 23.1. The normalized spacial score (nSPS) is 10.3. The molecule has 1 heterocycles. The fraction of sp³-hybridized carbons (Fsp3) is 0.474. The molecule has 0 aliphatic heterocycles. The van der Waals surface area contributed by atoms with Gasteiger partial charge in [-0.05, 0) is 55.9 Å². The van der Waals surface area contributed by atoms with Crippen LogP contribution in [0.5, 0.6) is 0 Å². The number of fused-ring (bicyclic) bond motifs is 1. The first-order chi connectivity index (χ1) is 11.4. The van der Waals surface area contributed by atoms with Gasteiger partial charge >= 0.3 is 59.1 Å². The van der Waals surface area contributed by atoms with Crippen LogP contribution in [0.2, 0.25) is 0 Å². The summed E-state index contributed by atoms with van der Waals surface area (Å²) >= 11 is 0. The maximum Gasteiger partial charge on any atom is 1.00 e. The van der Waals surface area contributed by atoms with Gasteiger partial charge in [-0.2, -0.15) is 0 Å². The Hall–Kier alpha value is -0.300. The molecule has 0 N–H and O–H groups in total. The molecule has 0 unspecified atom stereocenters. The number of hydrogen-bond donors (Lipinski definition) is 0. The van der Waals surface area contributed by atoms with Gasteiger partial charge in [0.2, 0.25) is 0 Å². The third-order valence-corrected chi connectivity index (χ3v) is 4.60. The SMILES string of the molecule is CCCCCc1c(CCC(=O)[O-])c2cc(C)c(C(=O)[O-])cc2n1C.[Na+].[Na+]. The molecule has 0 aliphatic rings. The molecule has 0 radical (unpaired) electrons. The van der Waals surface area contributed by atoms with Crippen molar-refractivity contribution in [2.75, 3.05) is 0 Å². The number of carboxylic acids is 2. The van der Waals surface area contributed by atoms with E-state index in [1.165, 1.54) is 0 Å². The minimum Gasteiger partial charge on any atom is -0.550 e. The van der Waals surface area contributed by atoms with E-state index < -0.39 is 11.9 Å². The van der Waals surface area contributed by atoms with E-state index in [2.05, 4.69) is 6.92 Å². The Kier molecular flexibility index (Phi) is 11.4. The van der Waals surface area contributed by atoms with Gasteiger partial charge in [0.15, 0.2) is 0 Å². The molecule has 0 amide bonds. The van der Waals surface area contributed by atoms with Crippen LogP contribution in [0.15, 0.2) is 12.1 Å². The molecule has 2 aromatic rings. The Balaban J connectivity index is 0.00000312. The molecule has 0 aliphatic carbocycles. The quantitative estimate of drug-likeness (QED) is 0.343. The number of aromatic carboxylic acids is 1. The summed E-state index contributed by atoms with van der Waals surface area (Å²) in [4.78, 5) is 22.2. The van der Waals surface area contributed by atoms with E-state index in [0.29, 0.717) is 12.0 Å². The van der Waals surface area contributed by atoms with Crippen LogP contribution in [-0.4, -0.2) is 16.5 Å². The van der Waals surface area contributed by atoms with Crippen molar-refractivity contribution in [2.45, 2.75) is 52.4 Å². The van der Waals surface area contributed by atoms with E-state index in [1.807, 2.05) is 17.7 Å². The molecule has 26 heavy (non-hydrogen) atoms. The molecule has 1 aromatic carbocycles. The zero-order valence-electron chi connectivity index (χ0n) is 16.5. The van der Waals surface area contributed by atoms with E-state index in [-0.39, 0.29) is 71.1 Å². The fourth-order valence-corrected chi connectivity index (χ4v) is 3.31. The maximum absolute atomic E-state index is 11.3. The predicted molar refractivity (Wildman–Crippen MR) is 88.5 cm³/mol. The van der Waals surface area contributed by atoms with Crippen LogP contribution in [0.1, 0.15) is 59.8 Å². The first-order valence-electron chi connectivity index (χ1n) is 8.38. The molecule has 1 aromatic heterocycles. The minimum atomic E-state index is -1.19. The number of aliphatic carboxylic acids is 1. The number of aromatic nitrogens is 1. The zero-order valence-corrected chi connectivity index (χ0v) is 20.5. The molecule has 0 fully saturated rings. The van der Waals surface area contributed by atoms with Crippen LogP contribution >= 0.6 is 0 Å². The number of hydrogen-bond acceptors (Lipinski definition) is 4. The van der Waals surface area contributed by atoms with Gasteiger partial charge in [0.05, 0.1) is 5.97 Å². The van der Waals surface area contributed by atoms with Gasteiger partial charge in [-0.25, -0.2) is 0 Å². The molecular formula is C19H23NNa2O4. The summed E-state index contributed by atoms with van der Waals surface area (Å²) in [6.07, 6.45) is 4.43. The molecule has 7 heteroatoms. The number of nitrogens with zero attached hydrogens (tertiary/aromatic N) is 1. The summed E-state index contributed by atoms with van der Waals surface area (Å²) in [5.41, 5.74) is 3.67. The fourth-order valence-electron chi connectivity index (χ4n) is 3.31. The van der Waals surface area contributed by atoms with Crippen LogP contribution in [0, 0.1) is 6.92 Å². The average Bonchev–Trinajstić information content (AvgIpc) is 2.76. The van der Waals surface area contributed by atoms with Gasteiger partial charge in [-0.1, -0.05) is 19.8 Å². The molecule has 0 saturated heterocycles. The van der Waals surface area contributed by atoms with Crippen molar-refractivity contribution >= 4 is 22.8 Å². The molecule has 130 valence electrons. The Morgan fingerprint density at radius 3 is 2.27 bits per heavy atom. The van der Waals surface area contributed by atoms with Crippen molar-refractivity contribution < 1.29 is 78.9 Å². The number of benzene rings is 1. The molecule has 0 bridgehead atoms.